The van der Waals surface area contributed by atoms with Crippen LogP contribution in [0.25, 0.3) is 11.3 Å². The van der Waals surface area contributed by atoms with E-state index in [0.29, 0.717) is 6.61 Å². The number of rotatable bonds is 6. The van der Waals surface area contributed by atoms with Crippen LogP contribution in [0.3, 0.4) is 0 Å². The second-order valence-corrected chi connectivity index (χ2v) is 5.30. The molecule has 0 amide bonds. The van der Waals surface area contributed by atoms with Crippen LogP contribution in [0.15, 0.2) is 28.9 Å². The number of methoxy groups -OCH3 is 2. The highest BCUT2D eigenvalue weighted by atomic mass is 79.9. The van der Waals surface area contributed by atoms with E-state index in [4.69, 9.17) is 9.47 Å². The summed E-state index contributed by atoms with van der Waals surface area (Å²) in [5.41, 5.74) is 1.83. The fourth-order valence-electron chi connectivity index (χ4n) is 1.99. The van der Waals surface area contributed by atoms with E-state index in [2.05, 4.69) is 33.2 Å². The summed E-state index contributed by atoms with van der Waals surface area (Å²) in [4.78, 5) is 0. The minimum absolute atomic E-state index is 0.211. The van der Waals surface area contributed by atoms with Crippen LogP contribution in [0, 0.1) is 0 Å². The van der Waals surface area contributed by atoms with Crippen LogP contribution in [-0.2, 0) is 4.74 Å². The van der Waals surface area contributed by atoms with Gasteiger partial charge in [0.1, 0.15) is 11.4 Å². The Morgan fingerprint density at radius 3 is 2.75 bits per heavy atom. The lowest BCUT2D eigenvalue weighted by Gasteiger charge is -2.12. The molecule has 0 saturated heterocycles. The van der Waals surface area contributed by atoms with Crippen molar-refractivity contribution in [2.45, 2.75) is 19.4 Å². The van der Waals surface area contributed by atoms with Crippen molar-refractivity contribution in [2.75, 3.05) is 20.8 Å². The predicted molar refractivity (Wildman–Crippen MR) is 80.9 cm³/mol. The zero-order chi connectivity index (χ0) is 14.5. The molecule has 2 aromatic rings. The summed E-state index contributed by atoms with van der Waals surface area (Å²) in [5, 5.41) is 8.42. The summed E-state index contributed by atoms with van der Waals surface area (Å²) in [6.07, 6.45) is 2.89. The maximum absolute atomic E-state index is 5.22. The Morgan fingerprint density at radius 1 is 1.35 bits per heavy atom. The van der Waals surface area contributed by atoms with Gasteiger partial charge in [0.25, 0.3) is 0 Å². The molecule has 1 aromatic heterocycles. The largest absolute Gasteiger partial charge is 0.496 e. The van der Waals surface area contributed by atoms with Crippen molar-refractivity contribution in [2.24, 2.45) is 0 Å². The Kier molecular flexibility index (Phi) is 5.14. The van der Waals surface area contributed by atoms with Gasteiger partial charge in [0, 0.05) is 12.7 Å². The van der Waals surface area contributed by atoms with E-state index in [0.717, 1.165) is 27.9 Å². The first-order chi connectivity index (χ1) is 9.69. The van der Waals surface area contributed by atoms with Crippen LogP contribution < -0.4 is 4.74 Å². The lowest BCUT2D eigenvalue weighted by Crippen LogP contribution is -2.14. The fraction of sp³-hybridized carbons (Fsp3) is 0.429. The minimum atomic E-state index is 0.211. The molecule has 20 heavy (non-hydrogen) atoms. The molecule has 1 unspecified atom stereocenters. The number of ether oxygens (including phenoxy) is 2. The summed E-state index contributed by atoms with van der Waals surface area (Å²) >= 11 is 3.48. The Bertz CT molecular complexity index is 571. The van der Waals surface area contributed by atoms with Gasteiger partial charge < -0.3 is 9.47 Å². The van der Waals surface area contributed by atoms with Gasteiger partial charge in [0.15, 0.2) is 0 Å². The van der Waals surface area contributed by atoms with E-state index in [1.54, 1.807) is 14.2 Å². The molecule has 1 atom stereocenters. The summed E-state index contributed by atoms with van der Waals surface area (Å²) in [6, 6.07) is 6.06. The van der Waals surface area contributed by atoms with E-state index in [-0.39, 0.29) is 6.04 Å². The number of hydrogen-bond acceptors (Lipinski definition) is 4. The molecule has 0 aliphatic rings. The first-order valence-electron chi connectivity index (χ1n) is 6.44. The number of nitrogens with zero attached hydrogens (tertiary/aromatic N) is 3. The minimum Gasteiger partial charge on any atom is -0.496 e. The monoisotopic (exact) mass is 339 g/mol. The second-order valence-electron chi connectivity index (χ2n) is 4.45. The topological polar surface area (TPSA) is 49.2 Å². The molecule has 1 heterocycles. The average molecular weight is 340 g/mol. The maximum atomic E-state index is 5.22. The summed E-state index contributed by atoms with van der Waals surface area (Å²) < 4.78 is 13.2. The third-order valence-corrected chi connectivity index (χ3v) is 3.78. The Labute approximate surface area is 127 Å². The second kappa shape index (κ2) is 6.85. The maximum Gasteiger partial charge on any atom is 0.133 e. The number of aromatic nitrogens is 3. The lowest BCUT2D eigenvalue weighted by atomic mass is 10.1. The molecule has 0 bridgehead atoms. The third kappa shape index (κ3) is 3.19. The quantitative estimate of drug-likeness (QED) is 0.810. The molecular weight excluding hydrogens is 322 g/mol. The van der Waals surface area contributed by atoms with E-state index in [9.17, 15) is 0 Å². The molecular formula is C14H18BrN3O2. The van der Waals surface area contributed by atoms with Crippen molar-refractivity contribution >= 4 is 15.9 Å². The molecule has 108 valence electrons. The van der Waals surface area contributed by atoms with Crippen LogP contribution in [0.1, 0.15) is 19.4 Å². The Hall–Kier alpha value is -1.40. The molecule has 0 N–H and O–H groups in total. The van der Waals surface area contributed by atoms with Gasteiger partial charge in [-0.05, 0) is 40.5 Å². The van der Waals surface area contributed by atoms with Crippen LogP contribution in [0.5, 0.6) is 5.75 Å². The van der Waals surface area contributed by atoms with Crippen LogP contribution in [-0.4, -0.2) is 35.8 Å². The SMILES string of the molecule is CCC(COC)n1cc(-c2ccc(OC)c(Br)c2)nn1. The van der Waals surface area contributed by atoms with Gasteiger partial charge in [0.05, 0.1) is 30.4 Å². The van der Waals surface area contributed by atoms with Gasteiger partial charge in [-0.15, -0.1) is 5.10 Å². The van der Waals surface area contributed by atoms with Crippen molar-refractivity contribution in [3.63, 3.8) is 0 Å². The van der Waals surface area contributed by atoms with Crippen molar-refractivity contribution in [3.8, 4) is 17.0 Å². The molecule has 0 spiro atoms. The van der Waals surface area contributed by atoms with Gasteiger partial charge in [-0.1, -0.05) is 12.1 Å². The molecule has 6 heteroatoms. The van der Waals surface area contributed by atoms with Gasteiger partial charge in [0.2, 0.25) is 0 Å². The third-order valence-electron chi connectivity index (χ3n) is 3.16. The predicted octanol–water partition coefficient (Wildman–Crippen LogP) is 3.31. The van der Waals surface area contributed by atoms with Crippen molar-refractivity contribution in [3.05, 3.63) is 28.9 Å². The number of hydrogen-bond donors (Lipinski definition) is 0. The van der Waals surface area contributed by atoms with E-state index >= 15 is 0 Å². The van der Waals surface area contributed by atoms with E-state index < -0.39 is 0 Å². The highest BCUT2D eigenvalue weighted by Crippen LogP contribution is 2.29. The van der Waals surface area contributed by atoms with Crippen molar-refractivity contribution in [1.29, 1.82) is 0 Å². The zero-order valence-corrected chi connectivity index (χ0v) is 13.4. The molecule has 0 fully saturated rings. The molecule has 5 nitrogen and oxygen atoms in total. The number of benzene rings is 1. The molecule has 0 saturated carbocycles. The smallest absolute Gasteiger partial charge is 0.133 e. The first kappa shape index (κ1) is 15.0. The normalized spacial score (nSPS) is 12.4. The summed E-state index contributed by atoms with van der Waals surface area (Å²) in [6.45, 7) is 2.74. The van der Waals surface area contributed by atoms with Crippen molar-refractivity contribution in [1.82, 2.24) is 15.0 Å². The van der Waals surface area contributed by atoms with Gasteiger partial charge >= 0.3 is 0 Å². The molecule has 2 rings (SSSR count). The molecule has 1 aromatic carbocycles. The highest BCUT2D eigenvalue weighted by Gasteiger charge is 2.12. The number of halogens is 1. The summed E-state index contributed by atoms with van der Waals surface area (Å²) in [7, 11) is 3.34. The summed E-state index contributed by atoms with van der Waals surface area (Å²) in [5.74, 6) is 0.798. The Morgan fingerprint density at radius 2 is 2.15 bits per heavy atom. The van der Waals surface area contributed by atoms with E-state index in [1.807, 2.05) is 29.1 Å². The fourth-order valence-corrected chi connectivity index (χ4v) is 2.53. The van der Waals surface area contributed by atoms with Crippen LogP contribution in [0.4, 0.5) is 0 Å². The molecule has 0 aliphatic heterocycles. The molecule has 0 aliphatic carbocycles. The van der Waals surface area contributed by atoms with Crippen LogP contribution >= 0.6 is 15.9 Å². The average Bonchev–Trinajstić information content (AvgIpc) is 2.94. The van der Waals surface area contributed by atoms with Gasteiger partial charge in [-0.25, -0.2) is 4.68 Å². The van der Waals surface area contributed by atoms with Gasteiger partial charge in [-0.3, -0.25) is 0 Å². The van der Waals surface area contributed by atoms with Gasteiger partial charge in [-0.2, -0.15) is 0 Å². The zero-order valence-electron chi connectivity index (χ0n) is 11.8. The first-order valence-corrected chi connectivity index (χ1v) is 7.23. The molecule has 0 radical (unpaired) electrons. The van der Waals surface area contributed by atoms with Crippen LogP contribution in [0.2, 0.25) is 0 Å². The Balaban J connectivity index is 2.26. The van der Waals surface area contributed by atoms with E-state index in [1.165, 1.54) is 0 Å². The van der Waals surface area contributed by atoms with Crippen molar-refractivity contribution < 1.29 is 9.47 Å². The lowest BCUT2D eigenvalue weighted by molar-refractivity contribution is 0.146. The standard InChI is InChI=1S/C14H18BrN3O2/c1-4-11(9-19-2)18-8-13(16-17-18)10-5-6-14(20-3)12(15)7-10/h5-8,11H,4,9H2,1-3H3. The highest BCUT2D eigenvalue weighted by molar-refractivity contribution is 9.10.